The van der Waals surface area contributed by atoms with E-state index in [0.717, 1.165) is 5.56 Å². The second-order valence-corrected chi connectivity index (χ2v) is 6.01. The molecule has 1 amide bonds. The number of hydrogen-bond donors (Lipinski definition) is 2. The maximum atomic E-state index is 12.5. The molecule has 1 aliphatic heterocycles. The van der Waals surface area contributed by atoms with Gasteiger partial charge in [0.1, 0.15) is 5.75 Å². The zero-order valence-corrected chi connectivity index (χ0v) is 13.8. The zero-order valence-electron chi connectivity index (χ0n) is 13.8. The minimum atomic E-state index is -0.782. The molecule has 0 aromatic heterocycles. The normalized spacial score (nSPS) is 17.2. The van der Waals surface area contributed by atoms with Crippen LogP contribution in [0, 0.1) is 0 Å². The molecule has 1 aliphatic rings. The standard InChI is InChI=1S/C20H19NO4/c1-13(22)17-18(15-9-5-6-10-16(15)23)21(20(25)19(17)24)12-11-14-7-3-2-4-8-14/h2-10,18,23-24H,11-12H2,1H3. The van der Waals surface area contributed by atoms with Crippen molar-refractivity contribution in [2.75, 3.05) is 6.54 Å². The van der Waals surface area contributed by atoms with E-state index in [2.05, 4.69) is 0 Å². The highest BCUT2D eigenvalue weighted by atomic mass is 16.3. The number of Topliss-reactive ketones (excluding diaryl/α,β-unsaturated/α-hetero) is 1. The van der Waals surface area contributed by atoms with Crippen molar-refractivity contribution in [1.29, 1.82) is 0 Å². The Morgan fingerprint density at radius 3 is 2.32 bits per heavy atom. The van der Waals surface area contributed by atoms with Gasteiger partial charge in [0.15, 0.2) is 11.5 Å². The molecule has 2 aromatic carbocycles. The number of aromatic hydroxyl groups is 1. The van der Waals surface area contributed by atoms with Gasteiger partial charge >= 0.3 is 0 Å². The van der Waals surface area contributed by atoms with E-state index in [9.17, 15) is 19.8 Å². The van der Waals surface area contributed by atoms with Crippen molar-refractivity contribution in [2.45, 2.75) is 19.4 Å². The molecule has 0 saturated carbocycles. The molecule has 2 aromatic rings. The van der Waals surface area contributed by atoms with E-state index in [1.807, 2.05) is 30.3 Å². The summed E-state index contributed by atoms with van der Waals surface area (Å²) in [6, 6.07) is 15.4. The largest absolute Gasteiger partial charge is 0.508 e. The Bertz CT molecular complexity index is 842. The van der Waals surface area contributed by atoms with Crippen LogP contribution in [0.3, 0.4) is 0 Å². The summed E-state index contributed by atoms with van der Waals surface area (Å²) in [5.74, 6) is -1.53. The molecule has 1 atom stereocenters. The Morgan fingerprint density at radius 2 is 1.68 bits per heavy atom. The molecule has 5 heteroatoms. The number of phenolic OH excluding ortho intramolecular Hbond substituents is 1. The molecule has 0 fully saturated rings. The van der Waals surface area contributed by atoms with E-state index in [0.29, 0.717) is 18.5 Å². The highest BCUT2D eigenvalue weighted by Gasteiger charge is 2.42. The molecule has 1 unspecified atom stereocenters. The van der Waals surface area contributed by atoms with Crippen molar-refractivity contribution >= 4 is 11.7 Å². The zero-order chi connectivity index (χ0) is 18.0. The van der Waals surface area contributed by atoms with Crippen LogP contribution in [-0.4, -0.2) is 33.3 Å². The Labute approximate surface area is 145 Å². The Morgan fingerprint density at radius 1 is 1.04 bits per heavy atom. The summed E-state index contributed by atoms with van der Waals surface area (Å²) in [6.07, 6.45) is 0.579. The maximum Gasteiger partial charge on any atom is 0.290 e. The molecule has 5 nitrogen and oxygen atoms in total. The number of phenols is 1. The SMILES string of the molecule is CC(=O)C1=C(O)C(=O)N(CCc2ccccc2)C1c1ccccc1O. The quantitative estimate of drug-likeness (QED) is 0.879. The lowest BCUT2D eigenvalue weighted by molar-refractivity contribution is -0.129. The van der Waals surface area contributed by atoms with Gasteiger partial charge in [-0.15, -0.1) is 0 Å². The van der Waals surface area contributed by atoms with E-state index in [1.165, 1.54) is 17.9 Å². The summed E-state index contributed by atoms with van der Waals surface area (Å²) in [4.78, 5) is 26.0. The lowest BCUT2D eigenvalue weighted by Gasteiger charge is -2.27. The summed E-state index contributed by atoms with van der Waals surface area (Å²) in [5.41, 5.74) is 1.50. The number of benzene rings is 2. The number of carbonyl (C=O) groups excluding carboxylic acids is 2. The van der Waals surface area contributed by atoms with Gasteiger partial charge in [-0.3, -0.25) is 9.59 Å². The number of aliphatic hydroxyl groups excluding tert-OH is 1. The number of ketones is 1. The molecule has 1 heterocycles. The maximum absolute atomic E-state index is 12.5. The third-order valence-corrected chi connectivity index (χ3v) is 4.40. The van der Waals surface area contributed by atoms with Gasteiger partial charge in [0.25, 0.3) is 5.91 Å². The summed E-state index contributed by atoms with van der Waals surface area (Å²) >= 11 is 0. The van der Waals surface area contributed by atoms with E-state index in [1.54, 1.807) is 18.2 Å². The van der Waals surface area contributed by atoms with Crippen molar-refractivity contribution < 1.29 is 19.8 Å². The third-order valence-electron chi connectivity index (χ3n) is 4.40. The molecule has 128 valence electrons. The van der Waals surface area contributed by atoms with Crippen LogP contribution >= 0.6 is 0 Å². The van der Waals surface area contributed by atoms with E-state index in [4.69, 9.17) is 0 Å². The van der Waals surface area contributed by atoms with E-state index < -0.39 is 17.7 Å². The Kier molecular flexibility index (Phi) is 4.57. The van der Waals surface area contributed by atoms with Crippen molar-refractivity contribution in [1.82, 2.24) is 4.90 Å². The summed E-state index contributed by atoms with van der Waals surface area (Å²) in [7, 11) is 0. The average molecular weight is 337 g/mol. The molecule has 0 aliphatic carbocycles. The van der Waals surface area contributed by atoms with Crippen LogP contribution in [0.2, 0.25) is 0 Å². The second-order valence-electron chi connectivity index (χ2n) is 6.01. The summed E-state index contributed by atoms with van der Waals surface area (Å²) in [5, 5.41) is 20.4. The first-order chi connectivity index (χ1) is 12.0. The smallest absolute Gasteiger partial charge is 0.290 e. The van der Waals surface area contributed by atoms with Crippen LogP contribution in [0.25, 0.3) is 0 Å². The van der Waals surface area contributed by atoms with Crippen LogP contribution < -0.4 is 0 Å². The number of para-hydroxylation sites is 1. The Hall–Kier alpha value is -3.08. The highest BCUT2D eigenvalue weighted by molar-refractivity contribution is 6.08. The van der Waals surface area contributed by atoms with Gasteiger partial charge in [0.2, 0.25) is 0 Å². The van der Waals surface area contributed by atoms with Crippen molar-refractivity contribution in [3.05, 3.63) is 77.1 Å². The van der Waals surface area contributed by atoms with Crippen molar-refractivity contribution in [3.63, 3.8) is 0 Å². The minimum absolute atomic E-state index is 0.0153. The lowest BCUT2D eigenvalue weighted by atomic mass is 9.96. The molecule has 3 rings (SSSR count). The summed E-state index contributed by atoms with van der Waals surface area (Å²) < 4.78 is 0. The number of amides is 1. The average Bonchev–Trinajstić information content (AvgIpc) is 2.85. The van der Waals surface area contributed by atoms with Crippen LogP contribution in [0.5, 0.6) is 5.75 Å². The molecular formula is C20H19NO4. The molecular weight excluding hydrogens is 318 g/mol. The number of nitrogens with zero attached hydrogens (tertiary/aromatic N) is 1. The first-order valence-corrected chi connectivity index (χ1v) is 8.07. The van der Waals surface area contributed by atoms with Crippen LogP contribution in [0.15, 0.2) is 65.9 Å². The molecule has 0 radical (unpaired) electrons. The predicted molar refractivity (Wildman–Crippen MR) is 93.0 cm³/mol. The van der Waals surface area contributed by atoms with Gasteiger partial charge in [0.05, 0.1) is 11.6 Å². The van der Waals surface area contributed by atoms with Crippen LogP contribution in [-0.2, 0) is 16.0 Å². The highest BCUT2D eigenvalue weighted by Crippen LogP contribution is 2.40. The van der Waals surface area contributed by atoms with Crippen LogP contribution in [0.1, 0.15) is 24.1 Å². The fourth-order valence-corrected chi connectivity index (χ4v) is 3.18. The first-order valence-electron chi connectivity index (χ1n) is 8.07. The van der Waals surface area contributed by atoms with Crippen LogP contribution in [0.4, 0.5) is 0 Å². The van der Waals surface area contributed by atoms with E-state index >= 15 is 0 Å². The predicted octanol–water partition coefficient (Wildman–Crippen LogP) is 2.92. The summed E-state index contributed by atoms with van der Waals surface area (Å²) in [6.45, 7) is 1.63. The van der Waals surface area contributed by atoms with Gasteiger partial charge in [-0.25, -0.2) is 0 Å². The van der Waals surface area contributed by atoms with Gasteiger partial charge in [0, 0.05) is 12.1 Å². The number of rotatable bonds is 5. The van der Waals surface area contributed by atoms with E-state index in [-0.39, 0.29) is 17.1 Å². The second kappa shape index (κ2) is 6.81. The minimum Gasteiger partial charge on any atom is -0.508 e. The topological polar surface area (TPSA) is 77.8 Å². The van der Waals surface area contributed by atoms with Gasteiger partial charge in [-0.1, -0.05) is 48.5 Å². The molecule has 25 heavy (non-hydrogen) atoms. The Balaban J connectivity index is 1.97. The lowest BCUT2D eigenvalue weighted by Crippen LogP contribution is -2.33. The van der Waals surface area contributed by atoms with Gasteiger partial charge < -0.3 is 15.1 Å². The molecule has 0 spiro atoms. The van der Waals surface area contributed by atoms with Gasteiger partial charge in [-0.05, 0) is 25.0 Å². The molecule has 2 N–H and O–H groups in total. The molecule has 0 saturated heterocycles. The fourth-order valence-electron chi connectivity index (χ4n) is 3.18. The van der Waals surface area contributed by atoms with Crippen molar-refractivity contribution in [3.8, 4) is 5.75 Å². The van der Waals surface area contributed by atoms with Gasteiger partial charge in [-0.2, -0.15) is 0 Å². The number of carbonyl (C=O) groups is 2. The number of aliphatic hydroxyl groups is 1. The fraction of sp³-hybridized carbons (Fsp3) is 0.200. The number of hydrogen-bond acceptors (Lipinski definition) is 4. The monoisotopic (exact) mass is 337 g/mol. The first kappa shape index (κ1) is 16.8. The third kappa shape index (κ3) is 3.13. The molecule has 0 bridgehead atoms. The van der Waals surface area contributed by atoms with Crippen molar-refractivity contribution in [2.24, 2.45) is 0 Å².